The van der Waals surface area contributed by atoms with E-state index >= 15 is 0 Å². The van der Waals surface area contributed by atoms with Crippen molar-refractivity contribution in [1.82, 2.24) is 9.97 Å². The second-order valence-corrected chi connectivity index (χ2v) is 6.56. The average molecular weight is 294 g/mol. The van der Waals surface area contributed by atoms with Gasteiger partial charge in [-0.3, -0.25) is 0 Å². The van der Waals surface area contributed by atoms with E-state index in [2.05, 4.69) is 9.97 Å². The van der Waals surface area contributed by atoms with Crippen LogP contribution in [0.4, 0.5) is 0 Å². The maximum Gasteiger partial charge on any atom is 0.335 e. The number of aryl methyl sites for hydroxylation is 1. The van der Waals surface area contributed by atoms with E-state index in [1.807, 2.05) is 26.2 Å². The van der Waals surface area contributed by atoms with Gasteiger partial charge >= 0.3 is 5.97 Å². The predicted octanol–water partition coefficient (Wildman–Crippen LogP) is 3.82. The third kappa shape index (κ3) is 3.54. The first-order chi connectivity index (χ1) is 8.95. The summed E-state index contributed by atoms with van der Waals surface area (Å²) in [6.07, 6.45) is 0. The zero-order chi connectivity index (χ0) is 14.0. The number of carboxylic acids is 1. The molecule has 0 aliphatic rings. The standard InChI is InChI=1S/C13H14N2O2S2/c1-7(2)10-4-9(12(16)17)5-11(15-10)19-13-14-8(3)6-18-13/h4-7H,1-3H3,(H,16,17). The third-order valence-corrected chi connectivity index (χ3v) is 4.42. The summed E-state index contributed by atoms with van der Waals surface area (Å²) < 4.78 is 0.877. The van der Waals surface area contributed by atoms with Gasteiger partial charge in [-0.05, 0) is 36.7 Å². The summed E-state index contributed by atoms with van der Waals surface area (Å²) in [5.74, 6) is -0.738. The number of carbonyl (C=O) groups is 1. The molecule has 0 saturated carbocycles. The number of aromatic nitrogens is 2. The summed E-state index contributed by atoms with van der Waals surface area (Å²) in [4.78, 5) is 20.0. The molecule has 2 rings (SSSR count). The number of aromatic carboxylic acids is 1. The molecule has 0 bridgehead atoms. The van der Waals surface area contributed by atoms with Gasteiger partial charge in [0.15, 0.2) is 4.34 Å². The lowest BCUT2D eigenvalue weighted by Gasteiger charge is -2.08. The molecule has 0 fully saturated rings. The topological polar surface area (TPSA) is 63.1 Å². The van der Waals surface area contributed by atoms with Crippen molar-refractivity contribution in [3.63, 3.8) is 0 Å². The summed E-state index contributed by atoms with van der Waals surface area (Å²) in [7, 11) is 0. The van der Waals surface area contributed by atoms with Crippen molar-refractivity contribution in [2.75, 3.05) is 0 Å². The van der Waals surface area contributed by atoms with Gasteiger partial charge in [0.1, 0.15) is 5.03 Å². The molecule has 6 heteroatoms. The molecular weight excluding hydrogens is 280 g/mol. The SMILES string of the molecule is Cc1csc(Sc2cc(C(=O)O)cc(C(C)C)n2)n1. The molecule has 0 atom stereocenters. The van der Waals surface area contributed by atoms with Crippen molar-refractivity contribution in [3.05, 3.63) is 34.5 Å². The van der Waals surface area contributed by atoms with Crippen LogP contribution in [0.1, 0.15) is 41.5 Å². The normalized spacial score (nSPS) is 10.9. The predicted molar refractivity (Wildman–Crippen MR) is 76.3 cm³/mol. The maximum absolute atomic E-state index is 11.1. The van der Waals surface area contributed by atoms with E-state index in [4.69, 9.17) is 5.11 Å². The van der Waals surface area contributed by atoms with Crippen molar-refractivity contribution in [2.45, 2.75) is 36.1 Å². The maximum atomic E-state index is 11.1. The van der Waals surface area contributed by atoms with Crippen LogP contribution in [0, 0.1) is 6.92 Å². The lowest BCUT2D eigenvalue weighted by molar-refractivity contribution is 0.0696. The van der Waals surface area contributed by atoms with Crippen LogP contribution in [-0.2, 0) is 0 Å². The number of rotatable bonds is 4. The quantitative estimate of drug-likeness (QED) is 0.928. The Morgan fingerprint density at radius 1 is 1.37 bits per heavy atom. The zero-order valence-corrected chi connectivity index (χ0v) is 12.5. The van der Waals surface area contributed by atoms with Crippen molar-refractivity contribution in [1.29, 1.82) is 0 Å². The van der Waals surface area contributed by atoms with Crippen LogP contribution in [0.5, 0.6) is 0 Å². The van der Waals surface area contributed by atoms with Crippen LogP contribution >= 0.6 is 23.1 Å². The molecule has 0 amide bonds. The number of thiazole rings is 1. The van der Waals surface area contributed by atoms with Gasteiger partial charge < -0.3 is 5.11 Å². The molecule has 19 heavy (non-hydrogen) atoms. The second kappa shape index (κ2) is 5.71. The minimum Gasteiger partial charge on any atom is -0.478 e. The number of carboxylic acid groups (broad SMARTS) is 1. The Morgan fingerprint density at radius 3 is 2.63 bits per heavy atom. The number of nitrogens with zero attached hydrogens (tertiary/aromatic N) is 2. The van der Waals surface area contributed by atoms with E-state index in [1.54, 1.807) is 12.1 Å². The molecule has 0 aromatic carbocycles. The van der Waals surface area contributed by atoms with E-state index in [9.17, 15) is 4.79 Å². The Morgan fingerprint density at radius 2 is 2.11 bits per heavy atom. The molecule has 4 nitrogen and oxygen atoms in total. The van der Waals surface area contributed by atoms with E-state index in [0.717, 1.165) is 15.7 Å². The molecule has 0 unspecified atom stereocenters. The van der Waals surface area contributed by atoms with Crippen molar-refractivity contribution in [2.24, 2.45) is 0 Å². The molecule has 0 aliphatic carbocycles. The number of hydrogen-bond donors (Lipinski definition) is 1. The number of pyridine rings is 1. The fourth-order valence-electron chi connectivity index (χ4n) is 1.47. The second-order valence-electron chi connectivity index (χ2n) is 4.44. The first kappa shape index (κ1) is 14.0. The van der Waals surface area contributed by atoms with Gasteiger partial charge in [0, 0.05) is 16.8 Å². The van der Waals surface area contributed by atoms with Gasteiger partial charge in [-0.25, -0.2) is 14.8 Å². The van der Waals surface area contributed by atoms with E-state index in [1.165, 1.54) is 23.1 Å². The van der Waals surface area contributed by atoms with E-state index in [0.29, 0.717) is 5.03 Å². The lowest BCUT2D eigenvalue weighted by Crippen LogP contribution is -2.02. The van der Waals surface area contributed by atoms with Crippen LogP contribution in [0.15, 0.2) is 26.9 Å². The molecule has 1 N–H and O–H groups in total. The Bertz CT molecular complexity index is 608. The van der Waals surface area contributed by atoms with Crippen LogP contribution in [0.25, 0.3) is 0 Å². The summed E-state index contributed by atoms with van der Waals surface area (Å²) in [6, 6.07) is 3.22. The minimum absolute atomic E-state index is 0.191. The van der Waals surface area contributed by atoms with Crippen LogP contribution in [0.2, 0.25) is 0 Å². The summed E-state index contributed by atoms with van der Waals surface area (Å²) in [6.45, 7) is 5.92. The molecular formula is C13H14N2O2S2. The molecule has 2 aromatic rings. The molecule has 0 spiro atoms. The van der Waals surface area contributed by atoms with Crippen molar-refractivity contribution < 1.29 is 9.90 Å². The lowest BCUT2D eigenvalue weighted by atomic mass is 10.1. The van der Waals surface area contributed by atoms with Gasteiger partial charge in [-0.15, -0.1) is 11.3 Å². The third-order valence-electron chi connectivity index (χ3n) is 2.45. The van der Waals surface area contributed by atoms with E-state index in [-0.39, 0.29) is 11.5 Å². The molecule has 0 saturated heterocycles. The first-order valence-corrected chi connectivity index (χ1v) is 7.50. The zero-order valence-electron chi connectivity index (χ0n) is 10.9. The highest BCUT2D eigenvalue weighted by atomic mass is 32.2. The van der Waals surface area contributed by atoms with Gasteiger partial charge in [0.25, 0.3) is 0 Å². The van der Waals surface area contributed by atoms with E-state index < -0.39 is 5.97 Å². The first-order valence-electron chi connectivity index (χ1n) is 5.81. The van der Waals surface area contributed by atoms with Crippen LogP contribution in [-0.4, -0.2) is 21.0 Å². The Hall–Kier alpha value is -1.40. The van der Waals surface area contributed by atoms with Gasteiger partial charge in [0.2, 0.25) is 0 Å². The van der Waals surface area contributed by atoms with Crippen molar-refractivity contribution >= 4 is 29.1 Å². The Kier molecular flexibility index (Phi) is 4.21. The Balaban J connectivity index is 2.36. The Labute approximate surface area is 119 Å². The summed E-state index contributed by atoms with van der Waals surface area (Å²) >= 11 is 2.94. The van der Waals surface area contributed by atoms with Gasteiger partial charge in [0.05, 0.1) is 5.56 Å². The molecule has 2 heterocycles. The fourth-order valence-corrected chi connectivity index (χ4v) is 3.29. The summed E-state index contributed by atoms with van der Waals surface area (Å²) in [5.41, 5.74) is 2.02. The molecule has 0 radical (unpaired) electrons. The highest BCUT2D eigenvalue weighted by Crippen LogP contribution is 2.30. The minimum atomic E-state index is -0.929. The highest BCUT2D eigenvalue weighted by molar-refractivity contribution is 8.01. The van der Waals surface area contributed by atoms with Crippen molar-refractivity contribution in [3.8, 4) is 0 Å². The number of hydrogen-bond acceptors (Lipinski definition) is 5. The molecule has 100 valence electrons. The van der Waals surface area contributed by atoms with Crippen LogP contribution < -0.4 is 0 Å². The largest absolute Gasteiger partial charge is 0.478 e. The fraction of sp³-hybridized carbons (Fsp3) is 0.308. The highest BCUT2D eigenvalue weighted by Gasteiger charge is 2.12. The van der Waals surface area contributed by atoms with Gasteiger partial charge in [-0.1, -0.05) is 13.8 Å². The summed E-state index contributed by atoms with van der Waals surface area (Å²) in [5, 5.41) is 11.8. The molecule has 2 aromatic heterocycles. The average Bonchev–Trinajstić information content (AvgIpc) is 2.74. The van der Waals surface area contributed by atoms with Crippen LogP contribution in [0.3, 0.4) is 0 Å². The monoisotopic (exact) mass is 294 g/mol. The molecule has 0 aliphatic heterocycles. The smallest absolute Gasteiger partial charge is 0.335 e. The van der Waals surface area contributed by atoms with Gasteiger partial charge in [-0.2, -0.15) is 0 Å².